The van der Waals surface area contributed by atoms with Crippen LogP contribution in [-0.4, -0.2) is 40.3 Å². The maximum atomic E-state index is 13.3. The van der Waals surface area contributed by atoms with E-state index in [1.54, 1.807) is 37.4 Å². The van der Waals surface area contributed by atoms with Crippen molar-refractivity contribution < 1.29 is 19.4 Å². The number of methoxy groups -OCH3 is 1. The van der Waals surface area contributed by atoms with Gasteiger partial charge in [-0.25, -0.2) is 0 Å². The van der Waals surface area contributed by atoms with Crippen LogP contribution in [-0.2, 0) is 16.0 Å². The first kappa shape index (κ1) is 25.2. The molecule has 9 heteroatoms. The van der Waals surface area contributed by atoms with Crippen molar-refractivity contribution in [2.45, 2.75) is 12.5 Å². The maximum absolute atomic E-state index is 13.3. The van der Waals surface area contributed by atoms with Crippen molar-refractivity contribution in [1.29, 1.82) is 0 Å². The number of fused-ring (bicyclic) bond motifs is 1. The van der Waals surface area contributed by atoms with Gasteiger partial charge in [-0.1, -0.05) is 53.0 Å². The second kappa shape index (κ2) is 10.1. The zero-order chi connectivity index (χ0) is 26.3. The van der Waals surface area contributed by atoms with Gasteiger partial charge in [0.1, 0.15) is 11.5 Å². The summed E-state index contributed by atoms with van der Waals surface area (Å²) in [4.78, 5) is 31.3. The van der Waals surface area contributed by atoms with Gasteiger partial charge in [0.2, 0.25) is 0 Å². The molecule has 0 aliphatic carbocycles. The first-order valence-corrected chi connectivity index (χ1v) is 12.6. The van der Waals surface area contributed by atoms with Crippen LogP contribution in [0.5, 0.6) is 5.75 Å². The van der Waals surface area contributed by atoms with Gasteiger partial charge in [-0.15, -0.1) is 0 Å². The van der Waals surface area contributed by atoms with E-state index < -0.39 is 17.7 Å². The number of Topliss-reactive ketones (excluding diaryl/α,β-unsaturated/α-hetero) is 1. The number of ketones is 1. The highest BCUT2D eigenvalue weighted by Gasteiger charge is 2.46. The Morgan fingerprint density at radius 1 is 1.03 bits per heavy atom. The van der Waals surface area contributed by atoms with E-state index in [0.717, 1.165) is 16.5 Å². The Kier molecular flexibility index (Phi) is 6.90. The van der Waals surface area contributed by atoms with Crippen LogP contribution >= 0.6 is 34.8 Å². The molecule has 37 heavy (non-hydrogen) atoms. The molecule has 6 nitrogen and oxygen atoms in total. The molecule has 1 saturated heterocycles. The summed E-state index contributed by atoms with van der Waals surface area (Å²) in [5, 5.41) is 13.1. The normalized spacial score (nSPS) is 17.1. The molecule has 2 N–H and O–H groups in total. The smallest absolute Gasteiger partial charge is 0.295 e. The van der Waals surface area contributed by atoms with E-state index in [2.05, 4.69) is 4.98 Å². The van der Waals surface area contributed by atoms with Crippen LogP contribution in [0.3, 0.4) is 0 Å². The highest BCUT2D eigenvalue weighted by atomic mass is 35.5. The van der Waals surface area contributed by atoms with Crippen LogP contribution in [0.4, 0.5) is 0 Å². The maximum Gasteiger partial charge on any atom is 0.295 e. The minimum absolute atomic E-state index is 0.0806. The number of halogens is 3. The molecule has 5 rings (SSSR count). The third-order valence-corrected chi connectivity index (χ3v) is 7.41. The molecule has 1 aliphatic heterocycles. The zero-order valence-corrected chi connectivity index (χ0v) is 21.9. The first-order valence-electron chi connectivity index (χ1n) is 11.4. The van der Waals surface area contributed by atoms with Gasteiger partial charge in [-0.05, 0) is 60.0 Å². The standard InChI is InChI=1S/C28H21Cl3N2O4/c1-37-17-7-9-23-20(13-17)15(14-32-23)10-11-33-25(18-4-2-3-5-21(18)30)24(27(35)28(33)36)26(34)19-8-6-16(29)12-22(19)31/h2-9,12-14,25,32,34H,10-11H2,1H3/t25-/m0/s1. The van der Waals surface area contributed by atoms with Gasteiger partial charge in [0.25, 0.3) is 11.7 Å². The van der Waals surface area contributed by atoms with Gasteiger partial charge in [0.15, 0.2) is 0 Å². The van der Waals surface area contributed by atoms with Gasteiger partial charge < -0.3 is 19.7 Å². The average molecular weight is 556 g/mol. The van der Waals surface area contributed by atoms with Crippen molar-refractivity contribution in [2.75, 3.05) is 13.7 Å². The van der Waals surface area contributed by atoms with Gasteiger partial charge >= 0.3 is 0 Å². The molecule has 1 aromatic heterocycles. The summed E-state index contributed by atoms with van der Waals surface area (Å²) >= 11 is 18.9. The number of benzene rings is 3. The van der Waals surface area contributed by atoms with E-state index in [1.165, 1.54) is 17.0 Å². The quantitative estimate of drug-likeness (QED) is 0.156. The van der Waals surface area contributed by atoms with Crippen LogP contribution in [0, 0.1) is 0 Å². The highest BCUT2D eigenvalue weighted by Crippen LogP contribution is 2.43. The number of hydrogen-bond acceptors (Lipinski definition) is 4. The second-order valence-corrected chi connectivity index (χ2v) is 9.86. The predicted octanol–water partition coefficient (Wildman–Crippen LogP) is 6.80. The molecule has 0 bridgehead atoms. The van der Waals surface area contributed by atoms with E-state index in [9.17, 15) is 14.7 Å². The summed E-state index contributed by atoms with van der Waals surface area (Å²) in [6.45, 7) is 0.204. The van der Waals surface area contributed by atoms with E-state index in [1.807, 2.05) is 24.4 Å². The molecule has 0 unspecified atom stereocenters. The van der Waals surface area contributed by atoms with Crippen LogP contribution in [0.25, 0.3) is 16.7 Å². The summed E-state index contributed by atoms with van der Waals surface area (Å²) in [7, 11) is 1.60. The van der Waals surface area contributed by atoms with Crippen molar-refractivity contribution in [3.05, 3.63) is 104 Å². The minimum atomic E-state index is -0.903. The number of H-pyrrole nitrogens is 1. The molecule has 1 fully saturated rings. The summed E-state index contributed by atoms with van der Waals surface area (Å²) in [5.74, 6) is -1.21. The van der Waals surface area contributed by atoms with E-state index in [4.69, 9.17) is 39.5 Å². The number of aromatic nitrogens is 1. The SMILES string of the molecule is COc1ccc2[nH]cc(CCN3C(=O)C(=O)C(=C(O)c4ccc(Cl)cc4Cl)[C@@H]3c3ccccc3Cl)c2c1. The Labute approximate surface area is 228 Å². The van der Waals surface area contributed by atoms with E-state index >= 15 is 0 Å². The van der Waals surface area contributed by atoms with Crippen LogP contribution in [0.15, 0.2) is 72.4 Å². The minimum Gasteiger partial charge on any atom is -0.507 e. The Balaban J connectivity index is 1.59. The number of nitrogens with one attached hydrogen (secondary N) is 1. The fraction of sp³-hybridized carbons (Fsp3) is 0.143. The van der Waals surface area contributed by atoms with E-state index in [0.29, 0.717) is 27.8 Å². The van der Waals surface area contributed by atoms with Crippen molar-refractivity contribution in [3.63, 3.8) is 0 Å². The molecule has 188 valence electrons. The number of rotatable bonds is 6. The number of aliphatic hydroxyl groups excluding tert-OH is 1. The predicted molar refractivity (Wildman–Crippen MR) is 145 cm³/mol. The Hall–Kier alpha value is -3.45. The first-order chi connectivity index (χ1) is 17.8. The lowest BCUT2D eigenvalue weighted by Gasteiger charge is -2.26. The number of carbonyl (C=O) groups excluding carboxylic acids is 2. The summed E-state index contributed by atoms with van der Waals surface area (Å²) in [6.07, 6.45) is 2.32. The average Bonchev–Trinajstić information content (AvgIpc) is 3.40. The lowest BCUT2D eigenvalue weighted by atomic mass is 9.95. The third-order valence-electron chi connectivity index (χ3n) is 6.52. The molecule has 2 heterocycles. The highest BCUT2D eigenvalue weighted by molar-refractivity contribution is 6.47. The number of ether oxygens (including phenoxy) is 1. The number of carbonyl (C=O) groups is 2. The van der Waals surface area contributed by atoms with Gasteiger partial charge in [0.05, 0.1) is 23.7 Å². The van der Waals surface area contributed by atoms with Gasteiger partial charge in [-0.3, -0.25) is 9.59 Å². The lowest BCUT2D eigenvalue weighted by Crippen LogP contribution is -2.31. The largest absolute Gasteiger partial charge is 0.507 e. The number of aliphatic hydroxyl groups is 1. The van der Waals surface area contributed by atoms with Crippen molar-refractivity contribution >= 4 is 63.2 Å². The fourth-order valence-electron chi connectivity index (χ4n) is 4.69. The van der Waals surface area contributed by atoms with Crippen molar-refractivity contribution in [1.82, 2.24) is 9.88 Å². The molecule has 3 aromatic carbocycles. The molecule has 1 atom stereocenters. The molecule has 0 radical (unpaired) electrons. The van der Waals surface area contributed by atoms with Gasteiger partial charge in [0, 0.05) is 39.3 Å². The summed E-state index contributed by atoms with van der Waals surface area (Å²) in [5.41, 5.74) is 2.52. The lowest BCUT2D eigenvalue weighted by molar-refractivity contribution is -0.139. The third kappa shape index (κ3) is 4.57. The summed E-state index contributed by atoms with van der Waals surface area (Å²) in [6, 6.07) is 16.3. The second-order valence-electron chi connectivity index (χ2n) is 8.61. The topological polar surface area (TPSA) is 82.6 Å². The summed E-state index contributed by atoms with van der Waals surface area (Å²) < 4.78 is 5.35. The zero-order valence-electron chi connectivity index (χ0n) is 19.6. The van der Waals surface area contributed by atoms with E-state index in [-0.39, 0.29) is 28.5 Å². The molecule has 1 amide bonds. The molecule has 1 aliphatic rings. The van der Waals surface area contributed by atoms with Crippen molar-refractivity contribution in [3.8, 4) is 5.75 Å². The van der Waals surface area contributed by atoms with Crippen molar-refractivity contribution in [2.24, 2.45) is 0 Å². The van der Waals surface area contributed by atoms with Crippen LogP contribution < -0.4 is 4.74 Å². The Bertz CT molecular complexity index is 1580. The Morgan fingerprint density at radius 3 is 2.54 bits per heavy atom. The van der Waals surface area contributed by atoms with Gasteiger partial charge in [-0.2, -0.15) is 0 Å². The Morgan fingerprint density at radius 2 is 1.81 bits per heavy atom. The fourth-order valence-corrected chi connectivity index (χ4v) is 5.43. The monoisotopic (exact) mass is 554 g/mol. The molecular weight excluding hydrogens is 535 g/mol. The number of likely N-dealkylation sites (tertiary alicyclic amines) is 1. The molecular formula is C28H21Cl3N2O4. The molecule has 4 aromatic rings. The molecule has 0 spiro atoms. The number of hydrogen-bond donors (Lipinski definition) is 2. The molecule has 0 saturated carbocycles. The van der Waals surface area contributed by atoms with Crippen LogP contribution in [0.2, 0.25) is 15.1 Å². The number of amides is 1. The van der Waals surface area contributed by atoms with Crippen LogP contribution in [0.1, 0.15) is 22.7 Å². The number of aromatic amines is 1. The number of nitrogens with zero attached hydrogens (tertiary/aromatic N) is 1.